The Morgan fingerprint density at radius 2 is 2.13 bits per heavy atom. The van der Waals surface area contributed by atoms with Crippen molar-refractivity contribution in [3.8, 4) is 0 Å². The lowest BCUT2D eigenvalue weighted by molar-refractivity contribution is 0.172. The molecule has 1 saturated carbocycles. The van der Waals surface area contributed by atoms with Crippen molar-refractivity contribution in [1.29, 1.82) is 0 Å². The highest BCUT2D eigenvalue weighted by Crippen LogP contribution is 2.25. The second-order valence-corrected chi connectivity index (χ2v) is 5.18. The predicted octanol–water partition coefficient (Wildman–Crippen LogP) is 3.08. The van der Waals surface area contributed by atoms with Gasteiger partial charge in [-0.15, -0.1) is 0 Å². The molecule has 1 aliphatic rings. The van der Waals surface area contributed by atoms with Gasteiger partial charge in [-0.1, -0.05) is 15.9 Å². The lowest BCUT2D eigenvalue weighted by Crippen LogP contribution is -2.27. The minimum Gasteiger partial charge on any atom is -0.391 e. The number of hydrogen-bond donors (Lipinski definition) is 2. The fourth-order valence-corrected chi connectivity index (χ4v) is 2.75. The van der Waals surface area contributed by atoms with Gasteiger partial charge < -0.3 is 10.4 Å². The normalized spacial score (nSPS) is 25.5. The molecule has 15 heavy (non-hydrogen) atoms. The zero-order valence-electron chi connectivity index (χ0n) is 8.83. The highest BCUT2D eigenvalue weighted by molar-refractivity contribution is 9.10. The Bertz CT molecular complexity index is 333. The second-order valence-electron chi connectivity index (χ2n) is 4.27. The van der Waals surface area contributed by atoms with E-state index in [-0.39, 0.29) is 12.1 Å². The lowest BCUT2D eigenvalue weighted by Gasteiger charge is -2.18. The van der Waals surface area contributed by atoms with Gasteiger partial charge in [0.1, 0.15) is 0 Å². The van der Waals surface area contributed by atoms with E-state index in [1.807, 2.05) is 0 Å². The minimum atomic E-state index is -0.190. The van der Waals surface area contributed by atoms with Crippen LogP contribution in [0.25, 0.3) is 0 Å². The summed E-state index contributed by atoms with van der Waals surface area (Å²) in [6.07, 6.45) is 2.91. The van der Waals surface area contributed by atoms with Crippen molar-refractivity contribution in [1.82, 2.24) is 0 Å². The first kappa shape index (κ1) is 11.0. The quantitative estimate of drug-likeness (QED) is 0.865. The number of aryl methyl sites for hydroxylation is 1. The molecular weight excluding hydrogens is 254 g/mol. The number of aliphatic hydroxyl groups is 1. The average molecular weight is 270 g/mol. The molecule has 1 aliphatic carbocycles. The number of anilines is 1. The zero-order valence-corrected chi connectivity index (χ0v) is 10.4. The van der Waals surface area contributed by atoms with Crippen LogP contribution in [0, 0.1) is 6.92 Å². The molecule has 0 radical (unpaired) electrons. The molecule has 0 aromatic heterocycles. The van der Waals surface area contributed by atoms with Crippen molar-refractivity contribution in [2.24, 2.45) is 0 Å². The molecule has 2 rings (SSSR count). The summed E-state index contributed by atoms with van der Waals surface area (Å²) < 4.78 is 1.08. The fourth-order valence-electron chi connectivity index (χ4n) is 2.14. The summed E-state index contributed by atoms with van der Waals surface area (Å²) in [5, 5.41) is 13.1. The predicted molar refractivity (Wildman–Crippen MR) is 66.1 cm³/mol. The first-order chi connectivity index (χ1) is 7.15. The maximum atomic E-state index is 9.71. The van der Waals surface area contributed by atoms with Crippen LogP contribution in [0.1, 0.15) is 24.8 Å². The van der Waals surface area contributed by atoms with Gasteiger partial charge in [-0.2, -0.15) is 0 Å². The first-order valence-electron chi connectivity index (χ1n) is 5.37. The Balaban J connectivity index is 2.10. The van der Waals surface area contributed by atoms with Crippen molar-refractivity contribution < 1.29 is 5.11 Å². The topological polar surface area (TPSA) is 32.3 Å². The SMILES string of the molecule is Cc1cc(Br)cc(N[C@@H]2CCC[C@H]2O)c1. The largest absolute Gasteiger partial charge is 0.391 e. The van der Waals surface area contributed by atoms with E-state index in [2.05, 4.69) is 46.4 Å². The smallest absolute Gasteiger partial charge is 0.0741 e. The van der Waals surface area contributed by atoms with E-state index < -0.39 is 0 Å². The number of hydrogen-bond acceptors (Lipinski definition) is 2. The van der Waals surface area contributed by atoms with Crippen molar-refractivity contribution >= 4 is 21.6 Å². The van der Waals surface area contributed by atoms with Crippen LogP contribution in [-0.2, 0) is 0 Å². The average Bonchev–Trinajstić information content (AvgIpc) is 2.50. The molecule has 2 N–H and O–H groups in total. The molecule has 1 aromatic carbocycles. The molecule has 2 atom stereocenters. The van der Waals surface area contributed by atoms with E-state index >= 15 is 0 Å². The van der Waals surface area contributed by atoms with Crippen LogP contribution in [-0.4, -0.2) is 17.3 Å². The fraction of sp³-hybridized carbons (Fsp3) is 0.500. The first-order valence-corrected chi connectivity index (χ1v) is 6.16. The summed E-state index contributed by atoms with van der Waals surface area (Å²) in [5.41, 5.74) is 2.31. The molecule has 3 heteroatoms. The number of halogens is 1. The lowest BCUT2D eigenvalue weighted by atomic mass is 10.1. The molecule has 0 bridgehead atoms. The van der Waals surface area contributed by atoms with Gasteiger partial charge in [-0.25, -0.2) is 0 Å². The Morgan fingerprint density at radius 3 is 2.73 bits per heavy atom. The molecule has 0 saturated heterocycles. The molecule has 1 fully saturated rings. The maximum Gasteiger partial charge on any atom is 0.0741 e. The highest BCUT2D eigenvalue weighted by atomic mass is 79.9. The molecule has 2 nitrogen and oxygen atoms in total. The van der Waals surface area contributed by atoms with Crippen molar-refractivity contribution in [3.05, 3.63) is 28.2 Å². The molecule has 0 spiro atoms. The summed E-state index contributed by atoms with van der Waals surface area (Å²) in [4.78, 5) is 0. The zero-order chi connectivity index (χ0) is 10.8. The van der Waals surface area contributed by atoms with Crippen LogP contribution < -0.4 is 5.32 Å². The van der Waals surface area contributed by atoms with E-state index in [1.165, 1.54) is 5.56 Å². The molecule has 0 aliphatic heterocycles. The Labute approximate surface area is 98.8 Å². The van der Waals surface area contributed by atoms with Crippen molar-refractivity contribution in [3.63, 3.8) is 0 Å². The third kappa shape index (κ3) is 2.73. The Kier molecular flexibility index (Phi) is 3.32. The van der Waals surface area contributed by atoms with Gasteiger partial charge in [-0.05, 0) is 49.9 Å². The summed E-state index contributed by atoms with van der Waals surface area (Å²) in [5.74, 6) is 0. The summed E-state index contributed by atoms with van der Waals surface area (Å²) in [6, 6.07) is 6.46. The molecule has 1 aromatic rings. The molecular formula is C12H16BrNO. The van der Waals surface area contributed by atoms with Crippen LogP contribution >= 0.6 is 15.9 Å². The van der Waals surface area contributed by atoms with E-state index in [4.69, 9.17) is 0 Å². The third-order valence-electron chi connectivity index (χ3n) is 2.87. The maximum absolute atomic E-state index is 9.71. The van der Waals surface area contributed by atoms with Crippen LogP contribution in [0.4, 0.5) is 5.69 Å². The molecule has 82 valence electrons. The second kappa shape index (κ2) is 4.54. The van der Waals surface area contributed by atoms with Gasteiger partial charge in [0.2, 0.25) is 0 Å². The van der Waals surface area contributed by atoms with Gasteiger partial charge in [-0.3, -0.25) is 0 Å². The molecule has 0 unspecified atom stereocenters. The third-order valence-corrected chi connectivity index (χ3v) is 3.33. The van der Waals surface area contributed by atoms with E-state index in [0.29, 0.717) is 0 Å². The standard InChI is InChI=1S/C12H16BrNO/c1-8-5-9(13)7-10(6-8)14-11-3-2-4-12(11)15/h5-7,11-12,14-15H,2-4H2,1H3/t11-,12-/m1/s1. The number of benzene rings is 1. The molecule has 0 amide bonds. The van der Waals surface area contributed by atoms with Crippen LogP contribution in [0.5, 0.6) is 0 Å². The van der Waals surface area contributed by atoms with Crippen LogP contribution in [0.3, 0.4) is 0 Å². The van der Waals surface area contributed by atoms with Crippen LogP contribution in [0.2, 0.25) is 0 Å². The van der Waals surface area contributed by atoms with Gasteiger partial charge in [0.25, 0.3) is 0 Å². The number of nitrogens with one attached hydrogen (secondary N) is 1. The Morgan fingerprint density at radius 1 is 1.33 bits per heavy atom. The Hall–Kier alpha value is -0.540. The van der Waals surface area contributed by atoms with E-state index in [0.717, 1.165) is 29.4 Å². The van der Waals surface area contributed by atoms with Crippen molar-refractivity contribution in [2.75, 3.05) is 5.32 Å². The van der Waals surface area contributed by atoms with Gasteiger partial charge in [0.05, 0.1) is 12.1 Å². The van der Waals surface area contributed by atoms with Gasteiger partial charge in [0, 0.05) is 10.2 Å². The summed E-state index contributed by atoms with van der Waals surface area (Å²) >= 11 is 3.47. The summed E-state index contributed by atoms with van der Waals surface area (Å²) in [7, 11) is 0. The monoisotopic (exact) mass is 269 g/mol. The number of rotatable bonds is 2. The van der Waals surface area contributed by atoms with Gasteiger partial charge in [0.15, 0.2) is 0 Å². The summed E-state index contributed by atoms with van der Waals surface area (Å²) in [6.45, 7) is 2.07. The van der Waals surface area contributed by atoms with Crippen LogP contribution in [0.15, 0.2) is 22.7 Å². The van der Waals surface area contributed by atoms with Crippen molar-refractivity contribution in [2.45, 2.75) is 38.3 Å². The minimum absolute atomic E-state index is 0.190. The van der Waals surface area contributed by atoms with E-state index in [1.54, 1.807) is 0 Å². The number of aliphatic hydroxyl groups excluding tert-OH is 1. The van der Waals surface area contributed by atoms with E-state index in [9.17, 15) is 5.11 Å². The molecule has 0 heterocycles. The highest BCUT2D eigenvalue weighted by Gasteiger charge is 2.24. The van der Waals surface area contributed by atoms with Gasteiger partial charge >= 0.3 is 0 Å².